The zero-order valence-corrected chi connectivity index (χ0v) is 27.8. The van der Waals surface area contributed by atoms with Crippen LogP contribution in [-0.2, 0) is 22.3 Å². The highest BCUT2D eigenvalue weighted by atomic mass is 16.5. The van der Waals surface area contributed by atoms with Crippen LogP contribution in [0, 0.1) is 5.41 Å². The van der Waals surface area contributed by atoms with Gasteiger partial charge in [-0.2, -0.15) is 0 Å². The van der Waals surface area contributed by atoms with Crippen molar-refractivity contribution in [1.82, 2.24) is 0 Å². The van der Waals surface area contributed by atoms with Gasteiger partial charge in [-0.3, -0.25) is 0 Å². The van der Waals surface area contributed by atoms with Gasteiger partial charge in [0, 0.05) is 38.5 Å². The number of benzene rings is 2. The molecule has 0 unspecified atom stereocenters. The predicted octanol–water partition coefficient (Wildman–Crippen LogP) is 6.98. The zero-order valence-electron chi connectivity index (χ0n) is 27.8. The molecule has 0 aromatic heterocycles. The molecule has 4 heterocycles. The predicted molar refractivity (Wildman–Crippen MR) is 181 cm³/mol. The van der Waals surface area contributed by atoms with Gasteiger partial charge in [0.2, 0.25) is 0 Å². The van der Waals surface area contributed by atoms with Crippen LogP contribution in [-0.4, -0.2) is 86.3 Å². The number of quaternary nitrogens is 2. The van der Waals surface area contributed by atoms with E-state index in [4.69, 9.17) is 19.5 Å². The Morgan fingerprint density at radius 1 is 0.622 bits per heavy atom. The van der Waals surface area contributed by atoms with Crippen molar-refractivity contribution in [3.8, 4) is 0 Å². The summed E-state index contributed by atoms with van der Waals surface area (Å²) in [5.74, 6) is 1.87. The van der Waals surface area contributed by atoms with Gasteiger partial charge < -0.3 is 18.4 Å². The van der Waals surface area contributed by atoms with Gasteiger partial charge in [0.05, 0.1) is 53.4 Å². The van der Waals surface area contributed by atoms with E-state index < -0.39 is 0 Å². The first kappa shape index (κ1) is 29.7. The highest BCUT2D eigenvalue weighted by Gasteiger charge is 2.54. The second-order valence-electron chi connectivity index (χ2n) is 15.9. The van der Waals surface area contributed by atoms with Crippen LogP contribution in [0.3, 0.4) is 0 Å². The van der Waals surface area contributed by atoms with Gasteiger partial charge in [0.15, 0.2) is 11.8 Å². The van der Waals surface area contributed by atoms with Crippen LogP contribution < -0.4 is 0 Å². The fraction of sp³-hybridized carbons (Fsp3) is 0.641. The lowest BCUT2D eigenvalue weighted by Crippen LogP contribution is -2.44. The molecule has 0 spiro atoms. The number of hydrogen-bond donors (Lipinski definition) is 0. The van der Waals surface area contributed by atoms with Crippen molar-refractivity contribution in [2.24, 2.45) is 15.4 Å². The molecule has 6 nitrogen and oxygen atoms in total. The summed E-state index contributed by atoms with van der Waals surface area (Å²) in [6, 6.07) is 17.9. The maximum Gasteiger partial charge on any atom is 0.200 e. The zero-order chi connectivity index (χ0) is 30.5. The van der Waals surface area contributed by atoms with Crippen molar-refractivity contribution < 1.29 is 18.4 Å². The Bertz CT molecular complexity index is 1340. The number of unbranched alkanes of at least 4 members (excludes halogenated alkanes) is 2. The van der Waals surface area contributed by atoms with E-state index in [1.807, 2.05) is 0 Å². The summed E-state index contributed by atoms with van der Waals surface area (Å²) in [6.07, 6.45) is 14.4. The summed E-state index contributed by atoms with van der Waals surface area (Å²) in [5, 5.41) is 0. The summed E-state index contributed by atoms with van der Waals surface area (Å²) in [4.78, 5) is 11.0. The lowest BCUT2D eigenvalue weighted by molar-refractivity contribution is -0.897. The second kappa shape index (κ2) is 11.8. The minimum Gasteiger partial charge on any atom is -0.474 e. The Morgan fingerprint density at radius 3 is 1.49 bits per heavy atom. The van der Waals surface area contributed by atoms with Gasteiger partial charge in [0.1, 0.15) is 29.7 Å². The fourth-order valence-electron chi connectivity index (χ4n) is 9.79. The fourth-order valence-corrected chi connectivity index (χ4v) is 9.79. The largest absolute Gasteiger partial charge is 0.474 e. The molecule has 240 valence electrons. The normalized spacial score (nSPS) is 28.6. The van der Waals surface area contributed by atoms with Crippen LogP contribution in [0.2, 0.25) is 0 Å². The topological polar surface area (TPSA) is 43.2 Å². The quantitative estimate of drug-likeness (QED) is 0.192. The molecule has 8 rings (SSSR count). The monoisotopic (exact) mass is 610 g/mol. The molecule has 4 aliphatic heterocycles. The van der Waals surface area contributed by atoms with Crippen molar-refractivity contribution in [2.45, 2.75) is 101 Å². The van der Waals surface area contributed by atoms with E-state index in [1.54, 1.807) is 0 Å². The average molecular weight is 611 g/mol. The highest BCUT2D eigenvalue weighted by Crippen LogP contribution is 2.50. The van der Waals surface area contributed by atoms with Crippen LogP contribution in [0.1, 0.15) is 98.5 Å². The lowest BCUT2D eigenvalue weighted by Gasteiger charge is -2.35. The third-order valence-corrected chi connectivity index (χ3v) is 12.5. The van der Waals surface area contributed by atoms with Crippen LogP contribution in [0.4, 0.5) is 0 Å². The first-order chi connectivity index (χ1) is 21.9. The Hall–Kier alpha value is -2.70. The van der Waals surface area contributed by atoms with E-state index in [0.717, 1.165) is 50.3 Å². The van der Waals surface area contributed by atoms with Gasteiger partial charge in [-0.05, 0) is 60.8 Å². The maximum atomic E-state index is 7.02. The van der Waals surface area contributed by atoms with Crippen molar-refractivity contribution in [3.63, 3.8) is 0 Å². The van der Waals surface area contributed by atoms with Crippen molar-refractivity contribution >= 4 is 11.8 Å². The highest BCUT2D eigenvalue weighted by molar-refractivity contribution is 6.06. The second-order valence-corrected chi connectivity index (χ2v) is 15.9. The van der Waals surface area contributed by atoms with Crippen molar-refractivity contribution in [3.05, 3.63) is 70.8 Å². The molecule has 2 fully saturated rings. The molecule has 6 aliphatic rings. The van der Waals surface area contributed by atoms with Crippen LogP contribution in [0.15, 0.2) is 58.5 Å². The van der Waals surface area contributed by atoms with Gasteiger partial charge in [-0.25, -0.2) is 9.98 Å². The molecular formula is C39H54N4O2+2. The lowest BCUT2D eigenvalue weighted by atomic mass is 9.77. The molecule has 0 amide bonds. The molecule has 2 aromatic rings. The molecule has 0 bridgehead atoms. The summed E-state index contributed by atoms with van der Waals surface area (Å²) in [5.41, 5.74) is 5.11. The van der Waals surface area contributed by atoms with Crippen LogP contribution >= 0.6 is 0 Å². The molecule has 0 radical (unpaired) electrons. The Balaban J connectivity index is 1.11. The van der Waals surface area contributed by atoms with Crippen molar-refractivity contribution in [2.75, 3.05) is 53.4 Å². The molecule has 6 heteroatoms. The SMILES string of the molecule is C[N+]1(CCCCC(CCCC[N+]2(C)CCCC2)(C2=N[C@@H]3c4ccccc4C[C@@H]3O2)C2=N[C@@H]3c4ccccc4C[C@@H]3O2)CCCC1. The molecule has 0 N–H and O–H groups in total. The Morgan fingerprint density at radius 2 is 1.04 bits per heavy atom. The molecule has 0 saturated carbocycles. The minimum atomic E-state index is -0.383. The van der Waals surface area contributed by atoms with Gasteiger partial charge in [0.25, 0.3) is 0 Å². The standard InChI is InChI=1S/C39H54N4O2/c1-42(23-11-12-24-42)21-9-7-19-39(20-8-10-22-43(2)25-13-14-26-43,37-40-35-31-17-5-3-15-29(31)27-33(35)44-37)38-41-36-32-18-6-4-16-30(32)28-34(36)45-38/h3-6,15-18,33-36H,7-14,19-28H2,1-2H3/q+2/t33-,34-,35+,36+/m0/s1. The molecule has 45 heavy (non-hydrogen) atoms. The number of nitrogens with zero attached hydrogens (tertiary/aromatic N) is 4. The third-order valence-electron chi connectivity index (χ3n) is 12.5. The van der Waals surface area contributed by atoms with Crippen LogP contribution in [0.5, 0.6) is 0 Å². The molecule has 2 aliphatic carbocycles. The van der Waals surface area contributed by atoms with E-state index >= 15 is 0 Å². The van der Waals surface area contributed by atoms with E-state index in [-0.39, 0.29) is 29.7 Å². The molecular weight excluding hydrogens is 556 g/mol. The Kier molecular flexibility index (Phi) is 7.80. The Labute approximate surface area is 270 Å². The molecule has 4 atom stereocenters. The maximum absolute atomic E-state index is 7.02. The summed E-state index contributed by atoms with van der Waals surface area (Å²) >= 11 is 0. The van der Waals surface area contributed by atoms with Crippen LogP contribution in [0.25, 0.3) is 0 Å². The van der Waals surface area contributed by atoms with Crippen molar-refractivity contribution in [1.29, 1.82) is 0 Å². The summed E-state index contributed by atoms with van der Waals surface area (Å²) in [7, 11) is 4.93. The number of aliphatic imine (C=N–C) groups is 2. The molecule has 2 aromatic carbocycles. The first-order valence-electron chi connectivity index (χ1n) is 18.3. The molecule has 2 saturated heterocycles. The number of hydrogen-bond acceptors (Lipinski definition) is 4. The third kappa shape index (κ3) is 5.54. The summed E-state index contributed by atoms with van der Waals surface area (Å²) < 4.78 is 16.5. The minimum absolute atomic E-state index is 0.0981. The van der Waals surface area contributed by atoms with E-state index in [2.05, 4.69) is 62.6 Å². The number of fused-ring (bicyclic) bond motifs is 6. The smallest absolute Gasteiger partial charge is 0.200 e. The van der Waals surface area contributed by atoms with E-state index in [1.165, 1.54) is 109 Å². The summed E-state index contributed by atoms with van der Waals surface area (Å²) in [6.45, 7) is 7.87. The number of rotatable bonds is 12. The number of ether oxygens (including phenoxy) is 2. The number of likely N-dealkylation sites (tertiary alicyclic amines) is 2. The van der Waals surface area contributed by atoms with Gasteiger partial charge >= 0.3 is 0 Å². The average Bonchev–Trinajstić information content (AvgIpc) is 3.88. The first-order valence-corrected chi connectivity index (χ1v) is 18.3. The van der Waals surface area contributed by atoms with Gasteiger partial charge in [-0.1, -0.05) is 48.5 Å². The van der Waals surface area contributed by atoms with E-state index in [9.17, 15) is 0 Å². The van der Waals surface area contributed by atoms with E-state index in [0.29, 0.717) is 0 Å². The van der Waals surface area contributed by atoms with Gasteiger partial charge in [-0.15, -0.1) is 0 Å².